The van der Waals surface area contributed by atoms with E-state index in [2.05, 4.69) is 22.4 Å². The first kappa shape index (κ1) is 19.2. The van der Waals surface area contributed by atoms with Gasteiger partial charge in [-0.15, -0.1) is 0 Å². The number of aryl methyl sites for hydroxylation is 1. The first-order valence-electron chi connectivity index (χ1n) is 8.97. The molecule has 1 amide bonds. The molecule has 0 unspecified atom stereocenters. The number of aromatic hydroxyl groups is 1. The quantitative estimate of drug-likeness (QED) is 0.578. The molecule has 0 radical (unpaired) electrons. The van der Waals surface area contributed by atoms with Crippen LogP contribution in [0.4, 0.5) is 5.69 Å². The minimum atomic E-state index is -0.520. The lowest BCUT2D eigenvalue weighted by Crippen LogP contribution is -2.14. The zero-order valence-electron chi connectivity index (χ0n) is 15.6. The maximum absolute atomic E-state index is 12.3. The van der Waals surface area contributed by atoms with Crippen LogP contribution in [-0.2, 0) is 6.42 Å². The lowest BCUT2D eigenvalue weighted by Gasteiger charge is -2.10. The van der Waals surface area contributed by atoms with Crippen LogP contribution in [0.1, 0.15) is 22.5 Å². The molecule has 0 saturated carbocycles. The van der Waals surface area contributed by atoms with E-state index in [9.17, 15) is 9.90 Å². The summed E-state index contributed by atoms with van der Waals surface area (Å²) < 4.78 is 10.7. The molecule has 2 N–H and O–H groups in total. The van der Waals surface area contributed by atoms with E-state index in [4.69, 9.17) is 9.47 Å². The molecule has 1 aromatic heterocycles. The fourth-order valence-electron chi connectivity index (χ4n) is 2.70. The number of carbonyl (C=O) groups is 1. The smallest absolute Gasteiger partial charge is 0.278 e. The number of amides is 1. The summed E-state index contributed by atoms with van der Waals surface area (Å²) in [7, 11) is 1.41. The summed E-state index contributed by atoms with van der Waals surface area (Å²) in [4.78, 5) is 16.2. The van der Waals surface area contributed by atoms with Crippen LogP contribution in [0.2, 0.25) is 0 Å². The van der Waals surface area contributed by atoms with Crippen molar-refractivity contribution in [2.75, 3.05) is 19.0 Å². The van der Waals surface area contributed by atoms with E-state index in [0.29, 0.717) is 12.3 Å². The van der Waals surface area contributed by atoms with Gasteiger partial charge in [0.05, 0.1) is 13.7 Å². The van der Waals surface area contributed by atoms with E-state index in [1.54, 1.807) is 24.3 Å². The second-order valence-corrected chi connectivity index (χ2v) is 6.13. The van der Waals surface area contributed by atoms with Crippen LogP contribution in [0, 0.1) is 0 Å². The molecule has 0 aliphatic carbocycles. The number of benzene rings is 2. The van der Waals surface area contributed by atoms with Crippen LogP contribution in [-0.4, -0.2) is 29.7 Å². The summed E-state index contributed by atoms with van der Waals surface area (Å²) >= 11 is 0. The molecular formula is C22H22N2O4. The fraction of sp³-hybridized carbons (Fsp3) is 0.182. The maximum atomic E-state index is 12.3. The summed E-state index contributed by atoms with van der Waals surface area (Å²) in [5.74, 6) is 0.113. The van der Waals surface area contributed by atoms with E-state index in [1.807, 2.05) is 18.2 Å². The number of aromatic nitrogens is 1. The van der Waals surface area contributed by atoms with Crippen molar-refractivity contribution in [1.29, 1.82) is 0 Å². The highest BCUT2D eigenvalue weighted by Gasteiger charge is 2.16. The number of rotatable bonds is 8. The van der Waals surface area contributed by atoms with Crippen molar-refractivity contribution in [1.82, 2.24) is 4.98 Å². The fourth-order valence-corrected chi connectivity index (χ4v) is 2.70. The summed E-state index contributed by atoms with van der Waals surface area (Å²) in [5.41, 5.74) is 1.77. The van der Waals surface area contributed by atoms with Crippen LogP contribution < -0.4 is 14.8 Å². The van der Waals surface area contributed by atoms with E-state index in [-0.39, 0.29) is 17.2 Å². The Labute approximate surface area is 163 Å². The molecule has 6 heteroatoms. The molecule has 3 aromatic rings. The molecule has 1 heterocycles. The van der Waals surface area contributed by atoms with Gasteiger partial charge in [-0.1, -0.05) is 30.3 Å². The van der Waals surface area contributed by atoms with E-state index in [1.165, 1.54) is 24.9 Å². The number of methoxy groups -OCH3 is 1. The number of nitrogens with zero attached hydrogens (tertiary/aromatic N) is 1. The van der Waals surface area contributed by atoms with Gasteiger partial charge in [0.1, 0.15) is 5.75 Å². The van der Waals surface area contributed by atoms with Gasteiger partial charge < -0.3 is 19.9 Å². The predicted octanol–water partition coefficient (Wildman–Crippen LogP) is 4.06. The zero-order valence-corrected chi connectivity index (χ0v) is 15.6. The molecule has 3 rings (SSSR count). The van der Waals surface area contributed by atoms with Gasteiger partial charge in [-0.3, -0.25) is 4.79 Å². The van der Waals surface area contributed by atoms with Gasteiger partial charge in [-0.25, -0.2) is 4.98 Å². The van der Waals surface area contributed by atoms with Gasteiger partial charge in [-0.05, 0) is 42.7 Å². The lowest BCUT2D eigenvalue weighted by molar-refractivity contribution is 0.101. The third-order valence-corrected chi connectivity index (χ3v) is 4.16. The van der Waals surface area contributed by atoms with Gasteiger partial charge in [0.2, 0.25) is 0 Å². The molecule has 0 saturated heterocycles. The Hall–Kier alpha value is -3.54. The molecular weight excluding hydrogens is 356 g/mol. The van der Waals surface area contributed by atoms with Crippen LogP contribution in [0.5, 0.6) is 17.2 Å². The monoisotopic (exact) mass is 378 g/mol. The average Bonchev–Trinajstić information content (AvgIpc) is 2.73. The summed E-state index contributed by atoms with van der Waals surface area (Å²) in [6.07, 6.45) is 3.29. The SMILES string of the molecule is COc1ccnc(C(=O)Nc2ccc(OCCCc3ccccc3)cc2)c1O. The van der Waals surface area contributed by atoms with Crippen LogP contribution in [0.15, 0.2) is 66.9 Å². The number of anilines is 1. The molecule has 0 aliphatic heterocycles. The molecule has 144 valence electrons. The Morgan fingerprint density at radius 2 is 1.82 bits per heavy atom. The highest BCUT2D eigenvalue weighted by Crippen LogP contribution is 2.28. The van der Waals surface area contributed by atoms with E-state index < -0.39 is 5.91 Å². The summed E-state index contributed by atoms with van der Waals surface area (Å²) in [6, 6.07) is 18.8. The third kappa shape index (κ3) is 5.01. The summed E-state index contributed by atoms with van der Waals surface area (Å²) in [6.45, 7) is 0.613. The normalized spacial score (nSPS) is 10.3. The molecule has 28 heavy (non-hydrogen) atoms. The van der Waals surface area contributed by atoms with Crippen molar-refractivity contribution in [2.24, 2.45) is 0 Å². The van der Waals surface area contributed by atoms with Crippen molar-refractivity contribution in [3.63, 3.8) is 0 Å². The van der Waals surface area contributed by atoms with Crippen molar-refractivity contribution >= 4 is 11.6 Å². The second kappa shape index (κ2) is 9.41. The maximum Gasteiger partial charge on any atom is 0.278 e. The Morgan fingerprint density at radius 1 is 1.07 bits per heavy atom. The first-order chi connectivity index (χ1) is 13.7. The van der Waals surface area contributed by atoms with Crippen LogP contribution in [0.25, 0.3) is 0 Å². The van der Waals surface area contributed by atoms with E-state index in [0.717, 1.165) is 18.6 Å². The third-order valence-electron chi connectivity index (χ3n) is 4.16. The summed E-state index contributed by atoms with van der Waals surface area (Å²) in [5, 5.41) is 12.7. The number of ether oxygens (including phenoxy) is 2. The predicted molar refractivity (Wildman–Crippen MR) is 107 cm³/mol. The highest BCUT2D eigenvalue weighted by atomic mass is 16.5. The lowest BCUT2D eigenvalue weighted by atomic mass is 10.1. The Morgan fingerprint density at radius 3 is 2.54 bits per heavy atom. The molecule has 0 aliphatic rings. The number of nitrogens with one attached hydrogen (secondary N) is 1. The standard InChI is InChI=1S/C22H22N2O4/c1-27-19-13-14-23-20(21(19)25)22(26)24-17-9-11-18(12-10-17)28-15-5-8-16-6-3-2-4-7-16/h2-4,6-7,9-14,25H,5,8,15H2,1H3,(H,24,26). The zero-order chi connectivity index (χ0) is 19.8. The van der Waals surface area contributed by atoms with Crippen molar-refractivity contribution < 1.29 is 19.4 Å². The molecule has 6 nitrogen and oxygen atoms in total. The topological polar surface area (TPSA) is 80.7 Å². The van der Waals surface area contributed by atoms with Crippen LogP contribution >= 0.6 is 0 Å². The Balaban J connectivity index is 1.51. The largest absolute Gasteiger partial charge is 0.503 e. The molecule has 0 fully saturated rings. The Bertz CT molecular complexity index is 912. The number of carbonyl (C=O) groups excluding carboxylic acids is 1. The van der Waals surface area contributed by atoms with E-state index >= 15 is 0 Å². The minimum absolute atomic E-state index is 0.0967. The second-order valence-electron chi connectivity index (χ2n) is 6.13. The average molecular weight is 378 g/mol. The highest BCUT2D eigenvalue weighted by molar-refractivity contribution is 6.05. The minimum Gasteiger partial charge on any atom is -0.503 e. The van der Waals surface area contributed by atoms with Gasteiger partial charge in [0.25, 0.3) is 5.91 Å². The van der Waals surface area contributed by atoms with Crippen molar-refractivity contribution in [2.45, 2.75) is 12.8 Å². The first-order valence-corrected chi connectivity index (χ1v) is 8.97. The number of pyridine rings is 1. The van der Waals surface area contributed by atoms with Gasteiger partial charge >= 0.3 is 0 Å². The van der Waals surface area contributed by atoms with Crippen LogP contribution in [0.3, 0.4) is 0 Å². The van der Waals surface area contributed by atoms with Gasteiger partial charge in [-0.2, -0.15) is 0 Å². The number of hydrogen-bond donors (Lipinski definition) is 2. The molecule has 0 atom stereocenters. The van der Waals surface area contributed by atoms with Gasteiger partial charge in [0.15, 0.2) is 17.2 Å². The van der Waals surface area contributed by atoms with Crippen molar-refractivity contribution in [3.8, 4) is 17.2 Å². The Kier molecular flexibility index (Phi) is 6.46. The molecule has 2 aromatic carbocycles. The number of hydrogen-bond acceptors (Lipinski definition) is 5. The van der Waals surface area contributed by atoms with Crippen molar-refractivity contribution in [3.05, 3.63) is 78.1 Å². The van der Waals surface area contributed by atoms with Gasteiger partial charge in [0, 0.05) is 18.0 Å². The molecule has 0 spiro atoms. The molecule has 0 bridgehead atoms.